The van der Waals surface area contributed by atoms with Crippen LogP contribution in [0.25, 0.3) is 0 Å². The highest BCUT2D eigenvalue weighted by molar-refractivity contribution is 8.24. The summed E-state index contributed by atoms with van der Waals surface area (Å²) in [5.41, 5.74) is 0. The molecule has 1 unspecified atom stereocenters. The van der Waals surface area contributed by atoms with Gasteiger partial charge in [0.1, 0.15) is 22.6 Å². The van der Waals surface area contributed by atoms with Crippen molar-refractivity contribution < 1.29 is 25.5 Å². The Hall–Kier alpha value is 0.0400. The number of thioether (sulfide) groups is 1. The minimum absolute atomic E-state index is 0.0902. The van der Waals surface area contributed by atoms with Gasteiger partial charge in [-0.25, -0.2) is 0 Å². The van der Waals surface area contributed by atoms with Gasteiger partial charge in [-0.1, -0.05) is 37.3 Å². The molecule has 0 bridgehead atoms. The topological polar surface area (TPSA) is 104 Å². The number of hydrogen-bond donors (Lipinski definition) is 5. The van der Waals surface area contributed by atoms with Crippen molar-refractivity contribution in [3.8, 4) is 0 Å². The maximum Gasteiger partial charge on any atom is 0.162 e. The fraction of sp³-hybridized carbons (Fsp3) is 0.909. The molecule has 1 fully saturated rings. The molecule has 0 aromatic heterocycles. The summed E-state index contributed by atoms with van der Waals surface area (Å²) >= 11 is 6.03. The summed E-state index contributed by atoms with van der Waals surface area (Å²) in [7, 11) is 0. The lowest BCUT2D eigenvalue weighted by molar-refractivity contribution is -0.126. The van der Waals surface area contributed by atoms with Gasteiger partial charge < -0.3 is 30.4 Å². The van der Waals surface area contributed by atoms with Crippen molar-refractivity contribution in [1.82, 2.24) is 4.90 Å². The van der Waals surface area contributed by atoms with E-state index in [0.29, 0.717) is 10.9 Å². The van der Waals surface area contributed by atoms with Crippen molar-refractivity contribution in [3.05, 3.63) is 0 Å². The van der Waals surface area contributed by atoms with Crippen molar-refractivity contribution in [1.29, 1.82) is 0 Å². The average Bonchev–Trinajstić information content (AvgIpc) is 2.69. The van der Waals surface area contributed by atoms with E-state index in [-0.39, 0.29) is 6.54 Å². The van der Waals surface area contributed by atoms with E-state index in [4.69, 9.17) is 17.3 Å². The van der Waals surface area contributed by atoms with Gasteiger partial charge in [-0.15, -0.1) is 0 Å². The molecule has 0 radical (unpaired) electrons. The number of thiocarbonyl (C=S) groups is 1. The van der Waals surface area contributed by atoms with Crippen LogP contribution in [0.4, 0.5) is 0 Å². The first-order valence-corrected chi connectivity index (χ1v) is 7.43. The molecule has 4 atom stereocenters. The lowest BCUT2D eigenvalue weighted by Gasteiger charge is -2.32. The smallest absolute Gasteiger partial charge is 0.162 e. The quantitative estimate of drug-likeness (QED) is 0.377. The van der Waals surface area contributed by atoms with E-state index in [1.54, 1.807) is 4.90 Å². The zero-order chi connectivity index (χ0) is 14.6. The fourth-order valence-electron chi connectivity index (χ4n) is 1.84. The molecule has 1 aliphatic rings. The molecule has 8 heteroatoms. The molecular weight excluding hydrogens is 290 g/mol. The minimum Gasteiger partial charge on any atom is -0.394 e. The molecule has 0 aliphatic carbocycles. The third-order valence-electron chi connectivity index (χ3n) is 3.09. The van der Waals surface area contributed by atoms with Gasteiger partial charge in [0, 0.05) is 6.54 Å². The Morgan fingerprint density at radius 1 is 1.42 bits per heavy atom. The van der Waals surface area contributed by atoms with E-state index in [9.17, 15) is 20.4 Å². The molecule has 0 amide bonds. The summed E-state index contributed by atoms with van der Waals surface area (Å²) in [4.78, 5) is 0.102. The van der Waals surface area contributed by atoms with Gasteiger partial charge in [0.15, 0.2) is 4.93 Å². The SMILES string of the molecule is CCCCN1CC(O)([C@@H](O)[C@H](O)[C@H](O)CO)SC1=S. The van der Waals surface area contributed by atoms with E-state index in [1.165, 1.54) is 0 Å². The van der Waals surface area contributed by atoms with Crippen LogP contribution in [0.3, 0.4) is 0 Å². The van der Waals surface area contributed by atoms with E-state index in [0.717, 1.165) is 24.6 Å². The Labute approximate surface area is 122 Å². The molecule has 1 heterocycles. The summed E-state index contributed by atoms with van der Waals surface area (Å²) in [6, 6.07) is 0. The van der Waals surface area contributed by atoms with Crippen LogP contribution in [0.1, 0.15) is 19.8 Å². The van der Waals surface area contributed by atoms with Gasteiger partial charge in [-0.2, -0.15) is 0 Å². The molecule has 112 valence electrons. The monoisotopic (exact) mass is 311 g/mol. The second kappa shape index (κ2) is 7.16. The molecule has 0 aromatic carbocycles. The number of hydrogen-bond acceptors (Lipinski definition) is 7. The molecule has 0 saturated carbocycles. The predicted molar refractivity (Wildman–Crippen MR) is 76.7 cm³/mol. The third-order valence-corrected chi connectivity index (χ3v) is 4.75. The van der Waals surface area contributed by atoms with Gasteiger partial charge >= 0.3 is 0 Å². The predicted octanol–water partition coefficient (Wildman–Crippen LogP) is -1.12. The maximum absolute atomic E-state index is 10.3. The van der Waals surface area contributed by atoms with Crippen LogP contribution in [0.5, 0.6) is 0 Å². The van der Waals surface area contributed by atoms with Gasteiger partial charge in [0.2, 0.25) is 0 Å². The Morgan fingerprint density at radius 2 is 2.05 bits per heavy atom. The molecule has 1 saturated heterocycles. The zero-order valence-electron chi connectivity index (χ0n) is 10.8. The summed E-state index contributed by atoms with van der Waals surface area (Å²) in [5.74, 6) is 0. The van der Waals surface area contributed by atoms with Crippen molar-refractivity contribution >= 4 is 28.3 Å². The lowest BCUT2D eigenvalue weighted by Crippen LogP contribution is -2.53. The largest absolute Gasteiger partial charge is 0.394 e. The van der Waals surface area contributed by atoms with Crippen molar-refractivity contribution in [3.63, 3.8) is 0 Å². The van der Waals surface area contributed by atoms with E-state index in [2.05, 4.69) is 0 Å². The highest BCUT2D eigenvalue weighted by Gasteiger charge is 2.49. The molecule has 5 N–H and O–H groups in total. The van der Waals surface area contributed by atoms with Gasteiger partial charge in [0.05, 0.1) is 13.2 Å². The number of unbranched alkanes of at least 4 members (excludes halogenated alkanes) is 1. The normalized spacial score (nSPS) is 28.5. The molecule has 1 rings (SSSR count). The van der Waals surface area contributed by atoms with Crippen LogP contribution >= 0.6 is 24.0 Å². The Morgan fingerprint density at radius 3 is 2.58 bits per heavy atom. The van der Waals surface area contributed by atoms with Gasteiger partial charge in [0.25, 0.3) is 0 Å². The van der Waals surface area contributed by atoms with E-state index < -0.39 is 29.9 Å². The highest BCUT2D eigenvalue weighted by atomic mass is 32.2. The Kier molecular flexibility index (Phi) is 6.44. The molecule has 6 nitrogen and oxygen atoms in total. The van der Waals surface area contributed by atoms with Crippen molar-refractivity contribution in [2.24, 2.45) is 0 Å². The highest BCUT2D eigenvalue weighted by Crippen LogP contribution is 2.38. The van der Waals surface area contributed by atoms with E-state index >= 15 is 0 Å². The number of aliphatic hydroxyl groups excluding tert-OH is 4. The van der Waals surface area contributed by atoms with E-state index in [1.807, 2.05) is 6.92 Å². The van der Waals surface area contributed by atoms with Gasteiger partial charge in [-0.3, -0.25) is 0 Å². The Bertz CT molecular complexity index is 319. The van der Waals surface area contributed by atoms with Gasteiger partial charge in [-0.05, 0) is 6.42 Å². The first kappa shape index (κ1) is 17.1. The molecule has 1 aliphatic heterocycles. The number of rotatable bonds is 7. The molecule has 0 spiro atoms. The van der Waals surface area contributed by atoms with Crippen LogP contribution in [-0.2, 0) is 0 Å². The number of β-amino-alcohol motifs (C(OH)–C–C–N with tert-alkyl or cyclic N) is 1. The third kappa shape index (κ3) is 4.01. The maximum atomic E-state index is 10.3. The second-order valence-electron chi connectivity index (χ2n) is 4.67. The number of aliphatic hydroxyl groups is 5. The summed E-state index contributed by atoms with van der Waals surface area (Å²) in [6.45, 7) is 2.11. The molecular formula is C11H21NO5S2. The minimum atomic E-state index is -1.67. The average molecular weight is 311 g/mol. The van der Waals surface area contributed by atoms with Crippen molar-refractivity contribution in [2.75, 3.05) is 19.7 Å². The van der Waals surface area contributed by atoms with Crippen molar-refractivity contribution in [2.45, 2.75) is 43.0 Å². The summed E-state index contributed by atoms with van der Waals surface area (Å²) < 4.78 is 0.459. The summed E-state index contributed by atoms with van der Waals surface area (Å²) in [5, 5.41) is 48.0. The van der Waals surface area contributed by atoms with Crippen LogP contribution in [-0.4, -0.2) is 77.7 Å². The number of nitrogens with zero attached hydrogens (tertiary/aromatic N) is 1. The fourth-order valence-corrected chi connectivity index (χ4v) is 3.50. The first-order valence-electron chi connectivity index (χ1n) is 6.21. The Balaban J connectivity index is 2.69. The van der Waals surface area contributed by atoms with Crippen LogP contribution in [0.2, 0.25) is 0 Å². The summed E-state index contributed by atoms with van der Waals surface area (Å²) in [6.07, 6.45) is -2.83. The zero-order valence-corrected chi connectivity index (χ0v) is 12.4. The van der Waals surface area contributed by atoms with Crippen LogP contribution < -0.4 is 0 Å². The molecule has 19 heavy (non-hydrogen) atoms. The second-order valence-corrected chi connectivity index (χ2v) is 6.62. The van der Waals surface area contributed by atoms with Crippen LogP contribution in [0.15, 0.2) is 0 Å². The van der Waals surface area contributed by atoms with Crippen LogP contribution in [0, 0.1) is 0 Å². The lowest BCUT2D eigenvalue weighted by atomic mass is 10.0. The standard InChI is InChI=1S/C11H21NO5S2/c1-2-3-4-12-6-11(17,19-10(12)18)9(16)8(15)7(14)5-13/h7-9,13-17H,2-6H2,1H3/t7-,8-,9+,11?/m1/s1. The molecule has 0 aromatic rings. The first-order chi connectivity index (χ1) is 8.85.